The molecule has 1 aliphatic heterocycles. The van der Waals surface area contributed by atoms with Crippen LogP contribution in [0.15, 0.2) is 11.6 Å². The lowest BCUT2D eigenvalue weighted by atomic mass is 10.2. The zero-order valence-electron chi connectivity index (χ0n) is 10.4. The van der Waals surface area contributed by atoms with E-state index in [4.69, 9.17) is 0 Å². The van der Waals surface area contributed by atoms with Crippen LogP contribution in [0.2, 0.25) is 0 Å². The van der Waals surface area contributed by atoms with Gasteiger partial charge in [-0.25, -0.2) is 4.98 Å². The number of rotatable bonds is 4. The van der Waals surface area contributed by atoms with E-state index in [0.29, 0.717) is 25.9 Å². The molecular weight excluding hydrogens is 250 g/mol. The molecule has 1 unspecified atom stereocenters. The van der Waals surface area contributed by atoms with E-state index in [1.54, 1.807) is 22.4 Å². The monoisotopic (exact) mass is 267 g/mol. The van der Waals surface area contributed by atoms with E-state index >= 15 is 0 Å². The van der Waals surface area contributed by atoms with Crippen LogP contribution < -0.4 is 5.32 Å². The van der Waals surface area contributed by atoms with Gasteiger partial charge in [0, 0.05) is 37.5 Å². The van der Waals surface area contributed by atoms with Crippen molar-refractivity contribution in [3.63, 3.8) is 0 Å². The summed E-state index contributed by atoms with van der Waals surface area (Å²) in [5.74, 6) is -0.00754. The van der Waals surface area contributed by atoms with E-state index in [1.807, 2.05) is 12.3 Å². The Morgan fingerprint density at radius 1 is 1.56 bits per heavy atom. The number of nitrogens with one attached hydrogen (secondary N) is 1. The molecular formula is C12H17N3O2S. The molecule has 18 heavy (non-hydrogen) atoms. The maximum atomic E-state index is 12.2. The second kappa shape index (κ2) is 5.95. The second-order valence-corrected chi connectivity index (χ2v) is 5.26. The fourth-order valence-corrected chi connectivity index (χ4v) is 2.61. The smallest absolute Gasteiger partial charge is 0.245 e. The van der Waals surface area contributed by atoms with Crippen LogP contribution in [0.5, 0.6) is 0 Å². The first kappa shape index (κ1) is 13.0. The molecule has 1 atom stereocenters. The SMILES string of the molecule is CCC1NC(=O)CCN(CCc2nccs2)C1=O. The van der Waals surface area contributed by atoms with Gasteiger partial charge in [-0.2, -0.15) is 0 Å². The number of carbonyl (C=O) groups is 2. The van der Waals surface area contributed by atoms with Crippen molar-refractivity contribution in [1.82, 2.24) is 15.2 Å². The number of hydrogen-bond acceptors (Lipinski definition) is 4. The van der Waals surface area contributed by atoms with Gasteiger partial charge in [-0.1, -0.05) is 6.92 Å². The van der Waals surface area contributed by atoms with Crippen molar-refractivity contribution in [3.05, 3.63) is 16.6 Å². The number of carbonyl (C=O) groups excluding carboxylic acids is 2. The highest BCUT2D eigenvalue weighted by atomic mass is 32.1. The number of nitrogens with zero attached hydrogens (tertiary/aromatic N) is 2. The van der Waals surface area contributed by atoms with Crippen molar-refractivity contribution < 1.29 is 9.59 Å². The Morgan fingerprint density at radius 3 is 3.06 bits per heavy atom. The lowest BCUT2D eigenvalue weighted by molar-refractivity contribution is -0.133. The maximum absolute atomic E-state index is 12.2. The van der Waals surface area contributed by atoms with Crippen LogP contribution in [0.1, 0.15) is 24.8 Å². The number of hydrogen-bond donors (Lipinski definition) is 1. The van der Waals surface area contributed by atoms with Gasteiger partial charge in [0.15, 0.2) is 0 Å². The van der Waals surface area contributed by atoms with Crippen LogP contribution >= 0.6 is 11.3 Å². The van der Waals surface area contributed by atoms with E-state index in [1.165, 1.54) is 0 Å². The Kier molecular flexibility index (Phi) is 4.30. The van der Waals surface area contributed by atoms with Gasteiger partial charge in [-0.05, 0) is 6.42 Å². The van der Waals surface area contributed by atoms with Crippen molar-refractivity contribution in [2.24, 2.45) is 0 Å². The minimum atomic E-state index is -0.365. The molecule has 0 saturated carbocycles. The normalized spacial score (nSPS) is 20.7. The summed E-state index contributed by atoms with van der Waals surface area (Å²) in [6, 6.07) is -0.365. The number of thiazole rings is 1. The quantitative estimate of drug-likeness (QED) is 0.878. The van der Waals surface area contributed by atoms with Gasteiger partial charge in [-0.3, -0.25) is 9.59 Å². The fourth-order valence-electron chi connectivity index (χ4n) is 2.00. The third-order valence-electron chi connectivity index (χ3n) is 3.04. The van der Waals surface area contributed by atoms with Gasteiger partial charge in [0.2, 0.25) is 11.8 Å². The summed E-state index contributed by atoms with van der Waals surface area (Å²) in [7, 11) is 0. The Labute approximate surface area is 110 Å². The fraction of sp³-hybridized carbons (Fsp3) is 0.583. The molecule has 1 fully saturated rings. The summed E-state index contributed by atoms with van der Waals surface area (Å²) in [4.78, 5) is 29.6. The molecule has 6 heteroatoms. The van der Waals surface area contributed by atoms with E-state index < -0.39 is 0 Å². The molecule has 1 aromatic rings. The highest BCUT2D eigenvalue weighted by Crippen LogP contribution is 2.10. The molecule has 1 N–H and O–H groups in total. The average molecular weight is 267 g/mol. The molecule has 0 bridgehead atoms. The molecule has 2 rings (SSSR count). The molecule has 1 aromatic heterocycles. The summed E-state index contributed by atoms with van der Waals surface area (Å²) in [6.07, 6.45) is 3.55. The van der Waals surface area contributed by atoms with E-state index in [0.717, 1.165) is 11.4 Å². The Hall–Kier alpha value is -1.43. The van der Waals surface area contributed by atoms with Crippen molar-refractivity contribution in [2.45, 2.75) is 32.2 Å². The largest absolute Gasteiger partial charge is 0.344 e. The first-order valence-corrected chi connectivity index (χ1v) is 7.05. The van der Waals surface area contributed by atoms with Crippen molar-refractivity contribution in [3.8, 4) is 0 Å². The molecule has 0 aliphatic carbocycles. The standard InChI is InChI=1S/C12H17N3O2S/c1-2-9-12(17)15(6-3-10(16)14-9)7-4-11-13-5-8-18-11/h5,8-9H,2-4,6-7H2,1H3,(H,14,16). The van der Waals surface area contributed by atoms with Gasteiger partial charge in [0.25, 0.3) is 0 Å². The first-order chi connectivity index (χ1) is 8.70. The van der Waals surface area contributed by atoms with Crippen molar-refractivity contribution in [2.75, 3.05) is 13.1 Å². The summed E-state index contributed by atoms with van der Waals surface area (Å²) < 4.78 is 0. The molecule has 2 heterocycles. The molecule has 0 spiro atoms. The predicted molar refractivity (Wildman–Crippen MR) is 69.2 cm³/mol. The average Bonchev–Trinajstić information content (AvgIpc) is 2.83. The maximum Gasteiger partial charge on any atom is 0.245 e. The van der Waals surface area contributed by atoms with Crippen molar-refractivity contribution >= 4 is 23.2 Å². The summed E-state index contributed by atoms with van der Waals surface area (Å²) in [5, 5.41) is 5.72. The summed E-state index contributed by atoms with van der Waals surface area (Å²) in [6.45, 7) is 3.05. The number of aromatic nitrogens is 1. The summed E-state index contributed by atoms with van der Waals surface area (Å²) >= 11 is 1.59. The second-order valence-electron chi connectivity index (χ2n) is 4.28. The molecule has 98 valence electrons. The third-order valence-corrected chi connectivity index (χ3v) is 3.88. The summed E-state index contributed by atoms with van der Waals surface area (Å²) in [5.41, 5.74) is 0. The molecule has 1 aliphatic rings. The van der Waals surface area contributed by atoms with Gasteiger partial charge in [0.1, 0.15) is 6.04 Å². The van der Waals surface area contributed by atoms with Gasteiger partial charge in [-0.15, -0.1) is 11.3 Å². The minimum absolute atomic E-state index is 0.0277. The van der Waals surface area contributed by atoms with Crippen LogP contribution in [-0.2, 0) is 16.0 Å². The minimum Gasteiger partial charge on any atom is -0.344 e. The lowest BCUT2D eigenvalue weighted by Crippen LogP contribution is -2.44. The molecule has 0 radical (unpaired) electrons. The van der Waals surface area contributed by atoms with Gasteiger partial charge < -0.3 is 10.2 Å². The highest BCUT2D eigenvalue weighted by molar-refractivity contribution is 7.09. The van der Waals surface area contributed by atoms with Crippen LogP contribution in [-0.4, -0.2) is 40.8 Å². The Morgan fingerprint density at radius 2 is 2.39 bits per heavy atom. The van der Waals surface area contributed by atoms with Crippen LogP contribution in [0.3, 0.4) is 0 Å². The topological polar surface area (TPSA) is 62.3 Å². The first-order valence-electron chi connectivity index (χ1n) is 6.17. The lowest BCUT2D eigenvalue weighted by Gasteiger charge is -2.22. The zero-order chi connectivity index (χ0) is 13.0. The molecule has 1 saturated heterocycles. The van der Waals surface area contributed by atoms with Crippen LogP contribution in [0.25, 0.3) is 0 Å². The molecule has 0 aromatic carbocycles. The van der Waals surface area contributed by atoms with Crippen molar-refractivity contribution in [1.29, 1.82) is 0 Å². The van der Waals surface area contributed by atoms with E-state index in [-0.39, 0.29) is 17.9 Å². The predicted octanol–water partition coefficient (Wildman–Crippen LogP) is 0.813. The van der Waals surface area contributed by atoms with Crippen LogP contribution in [0, 0.1) is 0 Å². The Balaban J connectivity index is 1.97. The van der Waals surface area contributed by atoms with Crippen LogP contribution in [0.4, 0.5) is 0 Å². The van der Waals surface area contributed by atoms with Gasteiger partial charge in [0.05, 0.1) is 5.01 Å². The zero-order valence-corrected chi connectivity index (χ0v) is 11.2. The molecule has 2 amide bonds. The van der Waals surface area contributed by atoms with E-state index in [9.17, 15) is 9.59 Å². The number of amides is 2. The Bertz CT molecular complexity index is 419. The molecule has 5 nitrogen and oxygen atoms in total. The van der Waals surface area contributed by atoms with E-state index in [2.05, 4.69) is 10.3 Å². The highest BCUT2D eigenvalue weighted by Gasteiger charge is 2.28. The van der Waals surface area contributed by atoms with Gasteiger partial charge >= 0.3 is 0 Å². The third kappa shape index (κ3) is 3.07.